The quantitative estimate of drug-likeness (QED) is 0.722. The molecule has 0 aromatic heterocycles. The molecule has 1 N–H and O–H groups in total. The van der Waals surface area contributed by atoms with Crippen molar-refractivity contribution in [1.82, 2.24) is 10.8 Å². The van der Waals surface area contributed by atoms with Crippen LogP contribution in [-0.4, -0.2) is 41.7 Å². The van der Waals surface area contributed by atoms with Crippen LogP contribution < -0.4 is 3.88 Å². The number of hydrogen-bond donors (Lipinski definition) is 1. The van der Waals surface area contributed by atoms with Crippen molar-refractivity contribution < 1.29 is 18.1 Å². The van der Waals surface area contributed by atoms with Gasteiger partial charge < -0.3 is 0 Å². The van der Waals surface area contributed by atoms with Gasteiger partial charge in [0.25, 0.3) is 0 Å². The van der Waals surface area contributed by atoms with Crippen molar-refractivity contribution in [2.24, 2.45) is 0 Å². The first-order valence-corrected chi connectivity index (χ1v) is 8.51. The van der Waals surface area contributed by atoms with Gasteiger partial charge >= 0.3 is 83.4 Å². The molecule has 0 spiro atoms. The molecular weight excluding hydrogens is 322 g/mol. The van der Waals surface area contributed by atoms with Crippen LogP contribution in [-0.2, 0) is 18.1 Å². The summed E-state index contributed by atoms with van der Waals surface area (Å²) in [5.41, 5.74) is 0. The van der Waals surface area contributed by atoms with Gasteiger partial charge in [-0.25, -0.2) is 0 Å². The van der Waals surface area contributed by atoms with Crippen LogP contribution in [0.3, 0.4) is 0 Å². The molecule has 0 aromatic carbocycles. The van der Waals surface area contributed by atoms with E-state index in [9.17, 15) is 0 Å². The zero-order valence-electron chi connectivity index (χ0n) is 8.92. The Morgan fingerprint density at radius 3 is 1.92 bits per heavy atom. The van der Waals surface area contributed by atoms with E-state index in [1.165, 1.54) is 19.4 Å². The Morgan fingerprint density at radius 2 is 1.58 bits per heavy atom. The summed E-state index contributed by atoms with van der Waals surface area (Å²) in [5, 5.41) is 0. The van der Waals surface area contributed by atoms with E-state index >= 15 is 0 Å². The van der Waals surface area contributed by atoms with Crippen molar-refractivity contribution in [2.45, 2.75) is 19.8 Å². The van der Waals surface area contributed by atoms with Gasteiger partial charge in [-0.3, -0.25) is 0 Å². The van der Waals surface area contributed by atoms with Gasteiger partial charge in [-0.1, -0.05) is 0 Å². The van der Waals surface area contributed by atoms with Gasteiger partial charge in [0, 0.05) is 0 Å². The van der Waals surface area contributed by atoms with E-state index in [0.29, 0.717) is 0 Å². The Hall–Kier alpha value is 0.568. The van der Waals surface area contributed by atoms with E-state index < -0.39 is 18.1 Å². The maximum atomic E-state index is 3.67. The van der Waals surface area contributed by atoms with Gasteiger partial charge in [0.15, 0.2) is 0 Å². The Morgan fingerprint density at radius 1 is 1.08 bits per heavy atom. The van der Waals surface area contributed by atoms with Gasteiger partial charge in [0.05, 0.1) is 0 Å². The third-order valence-electron chi connectivity index (χ3n) is 1.45. The maximum absolute atomic E-state index is 3.67. The molecule has 3 nitrogen and oxygen atoms in total. The Labute approximate surface area is 83.6 Å². The molecule has 0 fully saturated rings. The van der Waals surface area contributed by atoms with Gasteiger partial charge in [-0.2, -0.15) is 0 Å². The minimum atomic E-state index is -1.54. The zero-order valence-corrected chi connectivity index (χ0v) is 11.9. The fraction of sp³-hybridized carbons (Fsp3) is 1.00. The molecule has 75 valence electrons. The molecule has 4 heteroatoms. The van der Waals surface area contributed by atoms with Gasteiger partial charge in [0.2, 0.25) is 0 Å². The predicted octanol–water partition coefficient (Wildman–Crippen LogP) is 0.862. The number of nitrogens with zero attached hydrogens (tertiary/aromatic N) is 2. The summed E-state index contributed by atoms with van der Waals surface area (Å²) < 4.78 is 8.41. The summed E-state index contributed by atoms with van der Waals surface area (Å²) in [7, 11) is 8.69. The van der Waals surface area contributed by atoms with E-state index in [-0.39, 0.29) is 0 Å². The fourth-order valence-electron chi connectivity index (χ4n) is 0.925. The second kappa shape index (κ2) is 7.02. The molecule has 0 unspecified atom stereocenters. The molecule has 0 aliphatic carbocycles. The van der Waals surface area contributed by atoms with E-state index in [1.54, 1.807) is 0 Å². The molecule has 0 rings (SSSR count). The van der Waals surface area contributed by atoms with E-state index in [2.05, 4.69) is 45.9 Å². The van der Waals surface area contributed by atoms with Crippen molar-refractivity contribution in [3.05, 3.63) is 0 Å². The average Bonchev–Trinajstić information content (AvgIpc) is 1.96. The molecule has 0 saturated heterocycles. The summed E-state index contributed by atoms with van der Waals surface area (Å²) in [6, 6.07) is 0. The Bertz CT molecular complexity index is 98.5. The van der Waals surface area contributed by atoms with Crippen molar-refractivity contribution in [3.63, 3.8) is 0 Å². The molecule has 0 aliphatic rings. The topological polar surface area (TPSA) is 18.5 Å². The predicted molar refractivity (Wildman–Crippen MR) is 50.3 cm³/mol. The van der Waals surface area contributed by atoms with Crippen molar-refractivity contribution in [1.29, 1.82) is 0 Å². The summed E-state index contributed by atoms with van der Waals surface area (Å²) in [4.78, 5) is 0. The zero-order chi connectivity index (χ0) is 9.56. The average molecular weight is 344 g/mol. The number of nitrogens with one attached hydrogen (secondary N) is 1. The third-order valence-corrected chi connectivity index (χ3v) is 8.08. The third kappa shape index (κ3) is 5.26. The first-order valence-electron chi connectivity index (χ1n) is 4.42. The van der Waals surface area contributed by atoms with Crippen molar-refractivity contribution >= 4 is 0 Å². The van der Waals surface area contributed by atoms with Crippen LogP contribution in [0.5, 0.6) is 0 Å². The standard InChI is InChI=1S/C4H10N.2C2H6N.W/c1-2-3-4-5;2*1-3-2;/h5H,2-4H2,1H3;2*1-2H3;/q3*-1;+3. The fourth-order valence-corrected chi connectivity index (χ4v) is 6.30. The monoisotopic (exact) mass is 344 g/mol. The summed E-state index contributed by atoms with van der Waals surface area (Å²) in [6.45, 7) is 3.41. The Kier molecular flexibility index (Phi) is 7.35. The van der Waals surface area contributed by atoms with Crippen LogP contribution in [0.15, 0.2) is 0 Å². The second-order valence-electron chi connectivity index (χ2n) is 3.14. The van der Waals surface area contributed by atoms with Crippen molar-refractivity contribution in [2.75, 3.05) is 34.7 Å². The molecule has 0 radical (unpaired) electrons. The first kappa shape index (κ1) is 12.6. The molecule has 12 heavy (non-hydrogen) atoms. The molecule has 0 saturated carbocycles. The number of rotatable bonds is 6. The van der Waals surface area contributed by atoms with Crippen LogP contribution in [0.1, 0.15) is 19.8 Å². The first-order chi connectivity index (χ1) is 5.59. The second-order valence-corrected chi connectivity index (χ2v) is 11.3. The normalized spacial score (nSPS) is 12.0. The van der Waals surface area contributed by atoms with Crippen LogP contribution in [0.4, 0.5) is 0 Å². The van der Waals surface area contributed by atoms with Crippen LogP contribution in [0.2, 0.25) is 0 Å². The molecule has 0 bridgehead atoms. The van der Waals surface area contributed by atoms with Gasteiger partial charge in [-0.05, 0) is 0 Å². The summed E-state index contributed by atoms with van der Waals surface area (Å²) >= 11 is -1.54. The summed E-state index contributed by atoms with van der Waals surface area (Å²) in [5.74, 6) is 0. The van der Waals surface area contributed by atoms with Crippen LogP contribution >= 0.6 is 0 Å². The van der Waals surface area contributed by atoms with E-state index in [0.717, 1.165) is 0 Å². The van der Waals surface area contributed by atoms with Crippen molar-refractivity contribution in [3.8, 4) is 0 Å². The van der Waals surface area contributed by atoms with Crippen LogP contribution in [0.25, 0.3) is 0 Å². The SMILES string of the molecule is CCCC[NH][W]([N](C)C)[N](C)C. The van der Waals surface area contributed by atoms with Gasteiger partial charge in [-0.15, -0.1) is 0 Å². The molecule has 0 aliphatic heterocycles. The molecule has 0 atom stereocenters. The molecular formula is C8H22N3W. The minimum absolute atomic E-state index is 1.18. The van der Waals surface area contributed by atoms with E-state index in [4.69, 9.17) is 0 Å². The Balaban J connectivity index is 3.64. The number of hydrogen-bond acceptors (Lipinski definition) is 3. The summed E-state index contributed by atoms with van der Waals surface area (Å²) in [6.07, 6.45) is 2.58. The molecule has 0 amide bonds. The van der Waals surface area contributed by atoms with Gasteiger partial charge in [0.1, 0.15) is 0 Å². The van der Waals surface area contributed by atoms with Crippen LogP contribution in [0, 0.1) is 0 Å². The molecule has 0 heterocycles. The number of unbranched alkanes of at least 4 members (excludes halogenated alkanes) is 1. The van der Waals surface area contributed by atoms with E-state index in [1.807, 2.05) is 0 Å². The molecule has 0 aromatic rings.